The summed E-state index contributed by atoms with van der Waals surface area (Å²) >= 11 is 6.03. The van der Waals surface area contributed by atoms with Gasteiger partial charge in [0, 0.05) is 17.7 Å². The summed E-state index contributed by atoms with van der Waals surface area (Å²) in [6.45, 7) is 1.31. The van der Waals surface area contributed by atoms with Gasteiger partial charge in [0.1, 0.15) is 11.5 Å². The van der Waals surface area contributed by atoms with Gasteiger partial charge in [-0.05, 0) is 19.1 Å². The molecule has 166 valence electrons. The van der Waals surface area contributed by atoms with Gasteiger partial charge < -0.3 is 20.5 Å². The van der Waals surface area contributed by atoms with Gasteiger partial charge in [-0.1, -0.05) is 11.6 Å². The summed E-state index contributed by atoms with van der Waals surface area (Å²) in [5.41, 5.74) is 3.48. The van der Waals surface area contributed by atoms with E-state index in [2.05, 4.69) is 25.0 Å². The summed E-state index contributed by atoms with van der Waals surface area (Å²) in [5.74, 6) is -1.53. The fourth-order valence-corrected chi connectivity index (χ4v) is 3.32. The van der Waals surface area contributed by atoms with Gasteiger partial charge in [-0.25, -0.2) is 19.4 Å². The van der Waals surface area contributed by atoms with Crippen LogP contribution in [-0.2, 0) is 10.3 Å². The van der Waals surface area contributed by atoms with Crippen LogP contribution < -0.4 is 15.8 Å². The van der Waals surface area contributed by atoms with Gasteiger partial charge in [0.2, 0.25) is 5.88 Å². The molecule has 0 fully saturated rings. The number of rotatable bonds is 4. The Balaban J connectivity index is 1.95. The number of aliphatic imine (C=N–C) groups is 1. The summed E-state index contributed by atoms with van der Waals surface area (Å²) in [7, 11) is 1.37. The molecular weight excluding hydrogens is 446 g/mol. The molecule has 2 aromatic rings. The fourth-order valence-electron chi connectivity index (χ4n) is 3.00. The number of nitrogens with two attached hydrogens (primary N) is 1. The number of carbonyl (C=O) groups is 1. The van der Waals surface area contributed by atoms with Crippen molar-refractivity contribution in [3.63, 3.8) is 0 Å². The number of nitrogens with zero attached hydrogens (tertiary/aromatic N) is 3. The van der Waals surface area contributed by atoms with Crippen LogP contribution in [0.5, 0.6) is 5.88 Å². The van der Waals surface area contributed by atoms with E-state index in [1.807, 2.05) is 0 Å². The molecule has 1 aliphatic heterocycles. The highest BCUT2D eigenvalue weighted by molar-refractivity contribution is 6.31. The van der Waals surface area contributed by atoms with Crippen molar-refractivity contribution in [1.82, 2.24) is 9.97 Å². The third kappa shape index (κ3) is 4.79. The van der Waals surface area contributed by atoms with Crippen LogP contribution in [0.2, 0.25) is 5.02 Å². The van der Waals surface area contributed by atoms with Crippen molar-refractivity contribution in [2.45, 2.75) is 31.2 Å². The minimum Gasteiger partial charge on any atom is -0.480 e. The van der Waals surface area contributed by atoms with Crippen LogP contribution in [0.4, 0.5) is 23.2 Å². The maximum Gasteiger partial charge on any atom is 0.425 e. The minimum absolute atomic E-state index is 0.0791. The lowest BCUT2D eigenvalue weighted by atomic mass is 9.85. The highest BCUT2D eigenvalue weighted by Gasteiger charge is 2.50. The summed E-state index contributed by atoms with van der Waals surface area (Å²) in [6, 6.07) is 1.42. The molecule has 31 heavy (non-hydrogen) atoms. The molecule has 0 unspecified atom stereocenters. The van der Waals surface area contributed by atoms with Gasteiger partial charge in [0.15, 0.2) is 6.10 Å². The van der Waals surface area contributed by atoms with Crippen LogP contribution in [0, 0.1) is 5.82 Å². The second-order valence-electron chi connectivity index (χ2n) is 6.79. The molecule has 0 radical (unpaired) electrons. The molecule has 8 nitrogen and oxygen atoms in total. The second kappa shape index (κ2) is 8.17. The monoisotopic (exact) mass is 461 g/mol. The number of carbonyl (C=O) groups excluding carboxylic acids is 1. The van der Waals surface area contributed by atoms with Crippen LogP contribution in [0.25, 0.3) is 0 Å². The normalized spacial score (nSPS) is 21.1. The zero-order chi connectivity index (χ0) is 23.0. The van der Waals surface area contributed by atoms with Crippen molar-refractivity contribution >= 4 is 29.2 Å². The number of methoxy groups -OCH3 is 1. The Labute approximate surface area is 178 Å². The zero-order valence-corrected chi connectivity index (χ0v) is 16.9. The summed E-state index contributed by atoms with van der Waals surface area (Å²) in [5, 5.41) is 1.94. The van der Waals surface area contributed by atoms with Gasteiger partial charge >= 0.3 is 6.18 Å². The standard InChI is InChI=1S/C18H16ClF4N5O3/c1-17(5-12(18(21,22)23)31-16(24)28-17)9-3-8(4-10(20)14(9)19)27-15(29)11-6-26-13(30-2)7-25-11/h3-4,6-7,12H,5H2,1-2H3,(H2,24,28)(H,27,29)/t12-,17+/m0/s1. The number of amidine groups is 1. The van der Waals surface area contributed by atoms with E-state index >= 15 is 0 Å². The van der Waals surface area contributed by atoms with Gasteiger partial charge in [-0.2, -0.15) is 13.2 Å². The lowest BCUT2D eigenvalue weighted by molar-refractivity contribution is -0.208. The predicted molar refractivity (Wildman–Crippen MR) is 102 cm³/mol. The highest BCUT2D eigenvalue weighted by Crippen LogP contribution is 2.43. The lowest BCUT2D eigenvalue weighted by Gasteiger charge is -2.36. The molecule has 1 amide bonds. The van der Waals surface area contributed by atoms with Crippen LogP contribution in [0.15, 0.2) is 29.5 Å². The molecule has 13 heteroatoms. The van der Waals surface area contributed by atoms with E-state index in [0.717, 1.165) is 12.3 Å². The smallest absolute Gasteiger partial charge is 0.425 e. The maximum atomic E-state index is 14.5. The van der Waals surface area contributed by atoms with E-state index in [0.29, 0.717) is 0 Å². The van der Waals surface area contributed by atoms with Crippen LogP contribution >= 0.6 is 11.6 Å². The van der Waals surface area contributed by atoms with Crippen molar-refractivity contribution in [3.8, 4) is 5.88 Å². The minimum atomic E-state index is -4.73. The Hall–Kier alpha value is -3.15. The Morgan fingerprint density at radius 3 is 2.65 bits per heavy atom. The summed E-state index contributed by atoms with van der Waals surface area (Å²) in [6.07, 6.45) is -5.34. The number of anilines is 1. The van der Waals surface area contributed by atoms with Gasteiger partial charge in [-0.15, -0.1) is 0 Å². The first-order valence-electron chi connectivity index (χ1n) is 8.68. The number of nitrogens with one attached hydrogen (secondary N) is 1. The molecule has 1 aromatic heterocycles. The molecule has 2 heterocycles. The third-order valence-electron chi connectivity index (χ3n) is 4.50. The van der Waals surface area contributed by atoms with E-state index in [1.54, 1.807) is 0 Å². The predicted octanol–water partition coefficient (Wildman–Crippen LogP) is 3.41. The second-order valence-corrected chi connectivity index (χ2v) is 7.17. The lowest BCUT2D eigenvalue weighted by Crippen LogP contribution is -2.46. The number of alkyl halides is 3. The van der Waals surface area contributed by atoms with Crippen molar-refractivity contribution in [1.29, 1.82) is 0 Å². The van der Waals surface area contributed by atoms with Crippen molar-refractivity contribution in [2.75, 3.05) is 12.4 Å². The van der Waals surface area contributed by atoms with E-state index in [4.69, 9.17) is 22.1 Å². The van der Waals surface area contributed by atoms with Crippen LogP contribution in [-0.4, -0.2) is 41.3 Å². The molecule has 1 aliphatic rings. The van der Waals surface area contributed by atoms with Gasteiger partial charge in [-0.3, -0.25) is 4.79 Å². The van der Waals surface area contributed by atoms with E-state index in [9.17, 15) is 22.4 Å². The molecule has 0 aliphatic carbocycles. The molecule has 0 saturated carbocycles. The number of benzene rings is 1. The van der Waals surface area contributed by atoms with E-state index in [-0.39, 0.29) is 22.8 Å². The summed E-state index contributed by atoms with van der Waals surface area (Å²) < 4.78 is 63.6. The first-order valence-corrected chi connectivity index (χ1v) is 9.06. The number of hydrogen-bond acceptors (Lipinski definition) is 7. The quantitative estimate of drug-likeness (QED) is 0.675. The SMILES string of the molecule is COc1cnc(C(=O)Nc2cc(F)c(Cl)c([C@@]3(C)C[C@@H](C(F)(F)F)OC(N)=N3)c2)cn1. The zero-order valence-electron chi connectivity index (χ0n) is 16.1. The Morgan fingerprint density at radius 1 is 1.35 bits per heavy atom. The van der Waals surface area contributed by atoms with Gasteiger partial charge in [0.25, 0.3) is 11.9 Å². The number of hydrogen-bond donors (Lipinski definition) is 2. The Bertz CT molecular complexity index is 1030. The van der Waals surface area contributed by atoms with Crippen LogP contribution in [0.1, 0.15) is 29.4 Å². The van der Waals surface area contributed by atoms with Crippen molar-refractivity contribution in [2.24, 2.45) is 10.7 Å². The molecule has 3 rings (SSSR count). The molecule has 0 bridgehead atoms. The average molecular weight is 462 g/mol. The average Bonchev–Trinajstić information content (AvgIpc) is 2.69. The fraction of sp³-hybridized carbons (Fsp3) is 0.333. The van der Waals surface area contributed by atoms with Crippen molar-refractivity contribution < 1.29 is 31.8 Å². The molecule has 0 spiro atoms. The first-order chi connectivity index (χ1) is 14.4. The van der Waals surface area contributed by atoms with E-state index in [1.165, 1.54) is 26.3 Å². The number of amides is 1. The van der Waals surface area contributed by atoms with Crippen molar-refractivity contribution in [3.05, 3.63) is 46.6 Å². The molecule has 1 aromatic carbocycles. The highest BCUT2D eigenvalue weighted by atomic mass is 35.5. The number of ether oxygens (including phenoxy) is 2. The largest absolute Gasteiger partial charge is 0.480 e. The van der Waals surface area contributed by atoms with Crippen LogP contribution in [0.3, 0.4) is 0 Å². The maximum absolute atomic E-state index is 14.5. The van der Waals surface area contributed by atoms with E-state index < -0.39 is 47.0 Å². The molecule has 2 atom stereocenters. The molecule has 0 saturated heterocycles. The topological polar surface area (TPSA) is 112 Å². The third-order valence-corrected chi connectivity index (χ3v) is 4.89. The Morgan fingerprint density at radius 2 is 2.06 bits per heavy atom. The molecular formula is C18H16ClF4N5O3. The van der Waals surface area contributed by atoms with Gasteiger partial charge in [0.05, 0.1) is 30.1 Å². The first kappa shape index (κ1) is 22.5. The summed E-state index contributed by atoms with van der Waals surface area (Å²) in [4.78, 5) is 24.0. The Kier molecular flexibility index (Phi) is 5.94. The number of aromatic nitrogens is 2. The number of halogens is 5. The molecule has 3 N–H and O–H groups in total.